The van der Waals surface area contributed by atoms with Crippen molar-refractivity contribution < 1.29 is 0 Å². The molecule has 1 nitrogen and oxygen atoms in total. The van der Waals surface area contributed by atoms with Crippen molar-refractivity contribution in [2.45, 2.75) is 64.8 Å². The van der Waals surface area contributed by atoms with Crippen LogP contribution in [0, 0.1) is 5.92 Å². The van der Waals surface area contributed by atoms with Gasteiger partial charge in [-0.05, 0) is 38.8 Å². The van der Waals surface area contributed by atoms with Crippen LogP contribution in [0.1, 0.15) is 58.8 Å². The summed E-state index contributed by atoms with van der Waals surface area (Å²) >= 11 is 0. The van der Waals surface area contributed by atoms with E-state index in [9.17, 15) is 0 Å². The molecule has 14 heavy (non-hydrogen) atoms. The Bertz CT molecular complexity index is 144. The van der Waals surface area contributed by atoms with Gasteiger partial charge in [-0.3, -0.25) is 0 Å². The summed E-state index contributed by atoms with van der Waals surface area (Å²) in [5, 5.41) is 0. The van der Waals surface area contributed by atoms with Gasteiger partial charge in [0, 0.05) is 6.04 Å². The monoisotopic (exact) mass is 197 g/mol. The SMILES string of the molecule is CCCCC(CC)CC1CCCN1C. The van der Waals surface area contributed by atoms with Crippen LogP contribution >= 0.6 is 0 Å². The van der Waals surface area contributed by atoms with E-state index in [4.69, 9.17) is 0 Å². The third kappa shape index (κ3) is 3.61. The maximum absolute atomic E-state index is 2.56. The van der Waals surface area contributed by atoms with Crippen LogP contribution in [-0.4, -0.2) is 24.5 Å². The van der Waals surface area contributed by atoms with Gasteiger partial charge < -0.3 is 4.90 Å². The molecule has 0 saturated carbocycles. The normalized spacial score (nSPS) is 25.5. The summed E-state index contributed by atoms with van der Waals surface area (Å²) in [6, 6.07) is 0.900. The highest BCUT2D eigenvalue weighted by Gasteiger charge is 2.23. The average molecular weight is 197 g/mol. The van der Waals surface area contributed by atoms with Crippen LogP contribution in [0.3, 0.4) is 0 Å². The minimum Gasteiger partial charge on any atom is -0.303 e. The fraction of sp³-hybridized carbons (Fsp3) is 1.00. The molecule has 84 valence electrons. The molecule has 1 fully saturated rings. The first-order chi connectivity index (χ1) is 6.77. The van der Waals surface area contributed by atoms with E-state index in [1.165, 1.54) is 51.5 Å². The summed E-state index contributed by atoms with van der Waals surface area (Å²) in [6.07, 6.45) is 9.94. The van der Waals surface area contributed by atoms with Crippen molar-refractivity contribution >= 4 is 0 Å². The van der Waals surface area contributed by atoms with Crippen LogP contribution in [0.25, 0.3) is 0 Å². The molecule has 0 bridgehead atoms. The second kappa shape index (κ2) is 6.44. The van der Waals surface area contributed by atoms with Gasteiger partial charge in [-0.15, -0.1) is 0 Å². The molecular formula is C13H27N. The molecule has 0 N–H and O–H groups in total. The molecule has 0 aliphatic carbocycles. The van der Waals surface area contributed by atoms with E-state index in [2.05, 4.69) is 25.8 Å². The first kappa shape index (κ1) is 12.0. The van der Waals surface area contributed by atoms with Crippen molar-refractivity contribution in [1.82, 2.24) is 4.90 Å². The number of hydrogen-bond acceptors (Lipinski definition) is 1. The minimum atomic E-state index is 0.900. The molecular weight excluding hydrogens is 170 g/mol. The summed E-state index contributed by atoms with van der Waals surface area (Å²) in [5.41, 5.74) is 0. The van der Waals surface area contributed by atoms with E-state index >= 15 is 0 Å². The van der Waals surface area contributed by atoms with E-state index < -0.39 is 0 Å². The summed E-state index contributed by atoms with van der Waals surface area (Å²) in [7, 11) is 2.30. The van der Waals surface area contributed by atoms with Crippen molar-refractivity contribution in [1.29, 1.82) is 0 Å². The Balaban J connectivity index is 2.24. The Morgan fingerprint density at radius 2 is 2.14 bits per heavy atom. The third-order valence-corrected chi connectivity index (χ3v) is 3.82. The molecule has 2 atom stereocenters. The molecule has 2 unspecified atom stereocenters. The van der Waals surface area contributed by atoms with E-state index in [0.717, 1.165) is 12.0 Å². The topological polar surface area (TPSA) is 3.24 Å². The van der Waals surface area contributed by atoms with Gasteiger partial charge in [0.15, 0.2) is 0 Å². The van der Waals surface area contributed by atoms with E-state index in [-0.39, 0.29) is 0 Å². The predicted molar refractivity (Wildman–Crippen MR) is 63.6 cm³/mol. The predicted octanol–water partition coefficient (Wildman–Crippen LogP) is 3.69. The van der Waals surface area contributed by atoms with E-state index in [1.807, 2.05) is 0 Å². The first-order valence-electron chi connectivity index (χ1n) is 6.48. The Morgan fingerprint density at radius 1 is 1.36 bits per heavy atom. The summed E-state index contributed by atoms with van der Waals surface area (Å²) in [6.45, 7) is 5.98. The lowest BCUT2D eigenvalue weighted by Gasteiger charge is -2.24. The number of hydrogen-bond donors (Lipinski definition) is 0. The van der Waals surface area contributed by atoms with Crippen molar-refractivity contribution in [3.63, 3.8) is 0 Å². The molecule has 0 amide bonds. The zero-order valence-corrected chi connectivity index (χ0v) is 10.3. The molecule has 1 rings (SSSR count). The summed E-state index contributed by atoms with van der Waals surface area (Å²) in [4.78, 5) is 2.56. The molecule has 0 aromatic carbocycles. The van der Waals surface area contributed by atoms with E-state index in [0.29, 0.717) is 0 Å². The quantitative estimate of drug-likeness (QED) is 0.628. The first-order valence-corrected chi connectivity index (χ1v) is 6.48. The highest BCUT2D eigenvalue weighted by molar-refractivity contribution is 4.78. The maximum Gasteiger partial charge on any atom is 0.00953 e. The van der Waals surface area contributed by atoms with Crippen molar-refractivity contribution in [2.24, 2.45) is 5.92 Å². The smallest absolute Gasteiger partial charge is 0.00953 e. The molecule has 0 aromatic rings. The van der Waals surface area contributed by atoms with Gasteiger partial charge in [-0.2, -0.15) is 0 Å². The number of unbranched alkanes of at least 4 members (excludes halogenated alkanes) is 1. The standard InChI is InChI=1S/C13H27N/c1-4-6-8-12(5-2)11-13-9-7-10-14(13)3/h12-13H,4-11H2,1-3H3. The van der Waals surface area contributed by atoms with Gasteiger partial charge in [0.05, 0.1) is 0 Å². The van der Waals surface area contributed by atoms with Gasteiger partial charge >= 0.3 is 0 Å². The number of rotatable bonds is 6. The Morgan fingerprint density at radius 3 is 2.64 bits per heavy atom. The summed E-state index contributed by atoms with van der Waals surface area (Å²) < 4.78 is 0. The molecule has 1 saturated heterocycles. The summed E-state index contributed by atoms with van der Waals surface area (Å²) in [5.74, 6) is 0.987. The minimum absolute atomic E-state index is 0.900. The number of likely N-dealkylation sites (tertiary alicyclic amines) is 1. The lowest BCUT2D eigenvalue weighted by molar-refractivity contribution is 0.249. The van der Waals surface area contributed by atoms with Gasteiger partial charge in [0.2, 0.25) is 0 Å². The van der Waals surface area contributed by atoms with Crippen LogP contribution in [0.2, 0.25) is 0 Å². The molecule has 1 heterocycles. The maximum atomic E-state index is 2.56. The Labute approximate surface area is 89.9 Å². The average Bonchev–Trinajstić information content (AvgIpc) is 2.59. The van der Waals surface area contributed by atoms with Gasteiger partial charge in [-0.25, -0.2) is 0 Å². The van der Waals surface area contributed by atoms with Crippen LogP contribution in [0.5, 0.6) is 0 Å². The van der Waals surface area contributed by atoms with Crippen LogP contribution in [-0.2, 0) is 0 Å². The molecule has 1 heteroatoms. The second-order valence-corrected chi connectivity index (χ2v) is 4.93. The van der Waals surface area contributed by atoms with Gasteiger partial charge in [0.25, 0.3) is 0 Å². The molecule has 0 spiro atoms. The van der Waals surface area contributed by atoms with Crippen LogP contribution < -0.4 is 0 Å². The zero-order valence-electron chi connectivity index (χ0n) is 10.3. The van der Waals surface area contributed by atoms with E-state index in [1.54, 1.807) is 0 Å². The largest absolute Gasteiger partial charge is 0.303 e. The molecule has 0 radical (unpaired) electrons. The van der Waals surface area contributed by atoms with Crippen LogP contribution in [0.4, 0.5) is 0 Å². The third-order valence-electron chi connectivity index (χ3n) is 3.82. The fourth-order valence-corrected chi connectivity index (χ4v) is 2.64. The van der Waals surface area contributed by atoms with Crippen molar-refractivity contribution in [2.75, 3.05) is 13.6 Å². The zero-order chi connectivity index (χ0) is 10.4. The lowest BCUT2D eigenvalue weighted by Crippen LogP contribution is -2.27. The molecule has 1 aliphatic rings. The van der Waals surface area contributed by atoms with Crippen molar-refractivity contribution in [3.05, 3.63) is 0 Å². The van der Waals surface area contributed by atoms with Gasteiger partial charge in [0.1, 0.15) is 0 Å². The lowest BCUT2D eigenvalue weighted by atomic mass is 9.91. The highest BCUT2D eigenvalue weighted by Crippen LogP contribution is 2.26. The van der Waals surface area contributed by atoms with Crippen LogP contribution in [0.15, 0.2) is 0 Å². The van der Waals surface area contributed by atoms with Crippen molar-refractivity contribution in [3.8, 4) is 0 Å². The Hall–Kier alpha value is -0.0400. The highest BCUT2D eigenvalue weighted by atomic mass is 15.1. The molecule has 1 aliphatic heterocycles. The van der Waals surface area contributed by atoms with Gasteiger partial charge in [-0.1, -0.05) is 39.5 Å². The Kier molecular flexibility index (Phi) is 5.54. The number of nitrogens with zero attached hydrogens (tertiary/aromatic N) is 1. The fourth-order valence-electron chi connectivity index (χ4n) is 2.64. The second-order valence-electron chi connectivity index (χ2n) is 4.93. The molecule has 0 aromatic heterocycles.